The summed E-state index contributed by atoms with van der Waals surface area (Å²) in [5.74, 6) is -1.34. The SMILES string of the molecule is CC(C)=CC(=O)O[C@@H]1[C@@H]2[C@H](C)C(=O)O[C@@H]2C[C@@H](C)[C@@H]2C=CC(=O)[C@@]12C. The molecule has 0 unspecified atom stereocenters. The maximum Gasteiger partial charge on any atom is 0.330 e. The van der Waals surface area contributed by atoms with Crippen LogP contribution in [-0.4, -0.2) is 29.9 Å². The van der Waals surface area contributed by atoms with Gasteiger partial charge in [-0.25, -0.2) is 4.79 Å². The van der Waals surface area contributed by atoms with Crippen LogP contribution in [0.15, 0.2) is 23.8 Å². The van der Waals surface area contributed by atoms with Gasteiger partial charge in [-0.1, -0.05) is 25.5 Å². The predicted molar refractivity (Wildman–Crippen MR) is 91.4 cm³/mol. The molecule has 0 amide bonds. The summed E-state index contributed by atoms with van der Waals surface area (Å²) in [6.07, 6.45) is 4.64. The maximum absolute atomic E-state index is 12.8. The van der Waals surface area contributed by atoms with E-state index in [9.17, 15) is 14.4 Å². The van der Waals surface area contributed by atoms with Crippen molar-refractivity contribution in [3.05, 3.63) is 23.8 Å². The fraction of sp³-hybridized carbons (Fsp3) is 0.650. The van der Waals surface area contributed by atoms with Gasteiger partial charge in [0, 0.05) is 12.0 Å². The second kappa shape index (κ2) is 6.11. The quantitative estimate of drug-likeness (QED) is 0.568. The molecule has 0 N–H and O–H groups in total. The number of carbonyl (C=O) groups excluding carboxylic acids is 3. The number of hydrogen-bond donors (Lipinski definition) is 0. The van der Waals surface area contributed by atoms with Gasteiger partial charge in [0.2, 0.25) is 0 Å². The molecule has 0 spiro atoms. The Bertz CT molecular complexity index is 672. The Kier molecular flexibility index (Phi) is 4.38. The Labute approximate surface area is 148 Å². The van der Waals surface area contributed by atoms with Crippen LogP contribution in [0.1, 0.15) is 41.0 Å². The summed E-state index contributed by atoms with van der Waals surface area (Å²) in [4.78, 5) is 37.3. The number of rotatable bonds is 2. The molecule has 1 saturated carbocycles. The van der Waals surface area contributed by atoms with E-state index in [-0.39, 0.29) is 35.6 Å². The Hall–Kier alpha value is -1.91. The van der Waals surface area contributed by atoms with Gasteiger partial charge in [0.25, 0.3) is 0 Å². The van der Waals surface area contributed by atoms with E-state index in [0.29, 0.717) is 6.42 Å². The molecule has 1 heterocycles. The first-order valence-corrected chi connectivity index (χ1v) is 8.95. The van der Waals surface area contributed by atoms with Gasteiger partial charge in [0.05, 0.1) is 11.3 Å². The fourth-order valence-corrected chi connectivity index (χ4v) is 4.83. The lowest BCUT2D eigenvalue weighted by atomic mass is 9.66. The number of ether oxygens (including phenoxy) is 2. The fourth-order valence-electron chi connectivity index (χ4n) is 4.83. The maximum atomic E-state index is 12.8. The first-order valence-electron chi connectivity index (χ1n) is 8.95. The van der Waals surface area contributed by atoms with Crippen LogP contribution in [-0.2, 0) is 23.9 Å². The van der Waals surface area contributed by atoms with E-state index in [1.807, 2.05) is 26.8 Å². The van der Waals surface area contributed by atoms with Crippen molar-refractivity contribution in [2.24, 2.45) is 29.1 Å². The zero-order valence-electron chi connectivity index (χ0n) is 15.4. The van der Waals surface area contributed by atoms with Gasteiger partial charge in [-0.3, -0.25) is 9.59 Å². The van der Waals surface area contributed by atoms with E-state index in [2.05, 4.69) is 6.92 Å². The van der Waals surface area contributed by atoms with Crippen LogP contribution in [0.3, 0.4) is 0 Å². The van der Waals surface area contributed by atoms with Gasteiger partial charge in [0.15, 0.2) is 5.78 Å². The highest BCUT2D eigenvalue weighted by Crippen LogP contribution is 2.54. The molecule has 5 heteroatoms. The summed E-state index contributed by atoms with van der Waals surface area (Å²) >= 11 is 0. The van der Waals surface area contributed by atoms with Gasteiger partial charge in [0.1, 0.15) is 12.2 Å². The minimum absolute atomic E-state index is 0.0268. The molecule has 1 saturated heterocycles. The average molecular weight is 346 g/mol. The number of ketones is 1. The molecule has 1 aliphatic heterocycles. The molecule has 25 heavy (non-hydrogen) atoms. The third kappa shape index (κ3) is 2.74. The molecule has 0 bridgehead atoms. The Morgan fingerprint density at radius 2 is 2.00 bits per heavy atom. The lowest BCUT2D eigenvalue weighted by molar-refractivity contribution is -0.162. The molecule has 3 aliphatic rings. The molecular formula is C20H26O5. The third-order valence-corrected chi connectivity index (χ3v) is 6.13. The standard InChI is InChI=1S/C20H26O5/c1-10(2)8-16(22)25-18-17-12(4)19(23)24-14(17)9-11(3)13-6-7-15(21)20(13,18)5/h6-8,11-14,17-18H,9H2,1-5H3/t11-,12+,13+,14-,17-,18-,20+/m1/s1. The van der Waals surface area contributed by atoms with Crippen LogP contribution in [0.25, 0.3) is 0 Å². The second-order valence-electron chi connectivity index (χ2n) is 8.17. The van der Waals surface area contributed by atoms with E-state index < -0.39 is 23.4 Å². The molecule has 0 aromatic carbocycles. The van der Waals surface area contributed by atoms with Gasteiger partial charge in [-0.05, 0) is 45.1 Å². The molecule has 0 aromatic heterocycles. The van der Waals surface area contributed by atoms with Crippen molar-refractivity contribution >= 4 is 17.7 Å². The first kappa shape index (κ1) is 17.9. The lowest BCUT2D eigenvalue weighted by Gasteiger charge is -2.40. The van der Waals surface area contributed by atoms with Crippen LogP contribution >= 0.6 is 0 Å². The van der Waals surface area contributed by atoms with Crippen molar-refractivity contribution in [3.8, 4) is 0 Å². The van der Waals surface area contributed by atoms with Gasteiger partial charge >= 0.3 is 11.9 Å². The highest BCUT2D eigenvalue weighted by Gasteiger charge is 2.62. The van der Waals surface area contributed by atoms with Crippen molar-refractivity contribution in [2.75, 3.05) is 0 Å². The lowest BCUT2D eigenvalue weighted by Crippen LogP contribution is -2.50. The first-order chi connectivity index (χ1) is 11.7. The topological polar surface area (TPSA) is 69.7 Å². The van der Waals surface area contributed by atoms with E-state index in [4.69, 9.17) is 9.47 Å². The Morgan fingerprint density at radius 1 is 1.32 bits per heavy atom. The van der Waals surface area contributed by atoms with Crippen molar-refractivity contribution < 1.29 is 23.9 Å². The number of allylic oxidation sites excluding steroid dienone is 3. The molecule has 136 valence electrons. The zero-order chi connectivity index (χ0) is 18.5. The number of carbonyl (C=O) groups is 3. The van der Waals surface area contributed by atoms with E-state index >= 15 is 0 Å². The largest absolute Gasteiger partial charge is 0.462 e. The van der Waals surface area contributed by atoms with Crippen LogP contribution in [0.4, 0.5) is 0 Å². The monoisotopic (exact) mass is 346 g/mol. The Balaban J connectivity index is 2.06. The third-order valence-electron chi connectivity index (χ3n) is 6.13. The molecule has 2 fully saturated rings. The molecular weight excluding hydrogens is 320 g/mol. The predicted octanol–water partition coefficient (Wildman–Crippen LogP) is 2.84. The highest BCUT2D eigenvalue weighted by molar-refractivity contribution is 5.98. The summed E-state index contributed by atoms with van der Waals surface area (Å²) in [5.41, 5.74) is -0.0282. The summed E-state index contributed by atoms with van der Waals surface area (Å²) in [6, 6.07) is 0. The minimum Gasteiger partial charge on any atom is -0.462 e. The van der Waals surface area contributed by atoms with Crippen molar-refractivity contribution in [3.63, 3.8) is 0 Å². The van der Waals surface area contributed by atoms with Crippen LogP contribution < -0.4 is 0 Å². The molecule has 3 rings (SSSR count). The molecule has 5 nitrogen and oxygen atoms in total. The molecule has 2 aliphatic carbocycles. The van der Waals surface area contributed by atoms with E-state index in [0.717, 1.165) is 5.57 Å². The van der Waals surface area contributed by atoms with Gasteiger partial charge in [-0.2, -0.15) is 0 Å². The van der Waals surface area contributed by atoms with E-state index in [1.165, 1.54) is 6.08 Å². The zero-order valence-corrected chi connectivity index (χ0v) is 15.4. The minimum atomic E-state index is -0.855. The van der Waals surface area contributed by atoms with Crippen LogP contribution in [0.2, 0.25) is 0 Å². The van der Waals surface area contributed by atoms with Crippen molar-refractivity contribution in [2.45, 2.75) is 53.2 Å². The number of hydrogen-bond acceptors (Lipinski definition) is 5. The molecule has 0 radical (unpaired) electrons. The van der Waals surface area contributed by atoms with Crippen molar-refractivity contribution in [1.29, 1.82) is 0 Å². The second-order valence-corrected chi connectivity index (χ2v) is 8.17. The van der Waals surface area contributed by atoms with Crippen molar-refractivity contribution in [1.82, 2.24) is 0 Å². The van der Waals surface area contributed by atoms with Crippen LogP contribution in [0, 0.1) is 29.1 Å². The summed E-state index contributed by atoms with van der Waals surface area (Å²) in [6.45, 7) is 9.37. The van der Waals surface area contributed by atoms with Crippen LogP contribution in [0.5, 0.6) is 0 Å². The van der Waals surface area contributed by atoms with Gasteiger partial charge < -0.3 is 9.47 Å². The Morgan fingerprint density at radius 3 is 2.64 bits per heavy atom. The number of fused-ring (bicyclic) bond motifs is 2. The summed E-state index contributed by atoms with van der Waals surface area (Å²) in [5, 5.41) is 0. The summed E-state index contributed by atoms with van der Waals surface area (Å²) in [7, 11) is 0. The normalized spacial score (nSPS) is 42.3. The van der Waals surface area contributed by atoms with E-state index in [1.54, 1.807) is 13.0 Å². The average Bonchev–Trinajstić information content (AvgIpc) is 2.92. The molecule has 0 aromatic rings. The highest BCUT2D eigenvalue weighted by atomic mass is 16.6. The van der Waals surface area contributed by atoms with Gasteiger partial charge in [-0.15, -0.1) is 0 Å². The number of esters is 2. The molecule has 7 atom stereocenters. The summed E-state index contributed by atoms with van der Waals surface area (Å²) < 4.78 is 11.4. The smallest absolute Gasteiger partial charge is 0.330 e.